The lowest BCUT2D eigenvalue weighted by Gasteiger charge is -2.13. The fraction of sp³-hybridized carbons (Fsp3) is 0.214. The summed E-state index contributed by atoms with van der Waals surface area (Å²) >= 11 is 0. The molecule has 0 aliphatic heterocycles. The summed E-state index contributed by atoms with van der Waals surface area (Å²) in [5.41, 5.74) is 0.493. The highest BCUT2D eigenvalue weighted by atomic mass is 16.5. The van der Waals surface area contributed by atoms with Crippen LogP contribution in [0.3, 0.4) is 0 Å². The van der Waals surface area contributed by atoms with Crippen molar-refractivity contribution in [3.8, 4) is 5.75 Å². The number of rotatable bonds is 5. The normalized spacial score (nSPS) is 11.7. The number of aromatic nitrogens is 2. The van der Waals surface area contributed by atoms with Crippen LogP contribution in [0.25, 0.3) is 0 Å². The molecule has 2 rings (SSSR count). The van der Waals surface area contributed by atoms with Crippen LogP contribution in [0.15, 0.2) is 36.5 Å². The molecule has 110 valence electrons. The summed E-state index contributed by atoms with van der Waals surface area (Å²) in [4.78, 5) is 22.9. The third-order valence-electron chi connectivity index (χ3n) is 2.94. The van der Waals surface area contributed by atoms with Crippen LogP contribution in [0.5, 0.6) is 5.75 Å². The van der Waals surface area contributed by atoms with Gasteiger partial charge in [0.25, 0.3) is 0 Å². The number of carboxylic acids is 1. The lowest BCUT2D eigenvalue weighted by Crippen LogP contribution is -2.24. The van der Waals surface area contributed by atoms with Crippen LogP contribution in [-0.4, -0.2) is 33.9 Å². The van der Waals surface area contributed by atoms with Crippen LogP contribution in [0.1, 0.15) is 23.5 Å². The van der Waals surface area contributed by atoms with Gasteiger partial charge in [-0.05, 0) is 25.1 Å². The predicted octanol–water partition coefficient (Wildman–Crippen LogP) is 1.79. The Labute approximate surface area is 121 Å². The summed E-state index contributed by atoms with van der Waals surface area (Å²) in [5, 5.41) is 15.4. The zero-order valence-electron chi connectivity index (χ0n) is 11.6. The lowest BCUT2D eigenvalue weighted by molar-refractivity contribution is -0.119. The number of aromatic carboxylic acids is 1. The van der Waals surface area contributed by atoms with Gasteiger partial charge in [0.15, 0.2) is 5.69 Å². The van der Waals surface area contributed by atoms with E-state index in [0.717, 1.165) is 0 Å². The average molecular weight is 289 g/mol. The quantitative estimate of drug-likeness (QED) is 0.875. The van der Waals surface area contributed by atoms with Gasteiger partial charge in [0.2, 0.25) is 5.91 Å². The Balaban J connectivity index is 2.09. The first-order valence-electron chi connectivity index (χ1n) is 6.24. The molecule has 1 unspecified atom stereocenters. The van der Waals surface area contributed by atoms with E-state index in [1.807, 2.05) is 0 Å². The maximum atomic E-state index is 12.1. The van der Waals surface area contributed by atoms with Crippen molar-refractivity contribution in [3.63, 3.8) is 0 Å². The Kier molecular flexibility index (Phi) is 4.22. The molecular formula is C14H15N3O4. The van der Waals surface area contributed by atoms with E-state index in [4.69, 9.17) is 9.84 Å². The molecule has 1 heterocycles. The summed E-state index contributed by atoms with van der Waals surface area (Å²) < 4.78 is 6.38. The smallest absolute Gasteiger partial charge is 0.356 e. The average Bonchev–Trinajstić information content (AvgIpc) is 2.96. The van der Waals surface area contributed by atoms with E-state index in [0.29, 0.717) is 11.4 Å². The largest absolute Gasteiger partial charge is 0.497 e. The van der Waals surface area contributed by atoms with Gasteiger partial charge in [-0.3, -0.25) is 9.48 Å². The van der Waals surface area contributed by atoms with Crippen LogP contribution in [-0.2, 0) is 4.79 Å². The van der Waals surface area contributed by atoms with Gasteiger partial charge >= 0.3 is 5.97 Å². The van der Waals surface area contributed by atoms with Crippen LogP contribution in [0.2, 0.25) is 0 Å². The van der Waals surface area contributed by atoms with E-state index in [2.05, 4.69) is 10.4 Å². The number of amides is 1. The third-order valence-corrected chi connectivity index (χ3v) is 2.94. The number of nitrogens with zero attached hydrogens (tertiary/aromatic N) is 2. The summed E-state index contributed by atoms with van der Waals surface area (Å²) in [5.74, 6) is -0.801. The zero-order valence-corrected chi connectivity index (χ0v) is 11.6. The van der Waals surface area contributed by atoms with Crippen LogP contribution in [0.4, 0.5) is 5.69 Å². The molecule has 0 aliphatic carbocycles. The second kappa shape index (κ2) is 6.08. The molecule has 0 radical (unpaired) electrons. The first-order valence-corrected chi connectivity index (χ1v) is 6.24. The Morgan fingerprint density at radius 1 is 1.38 bits per heavy atom. The number of anilines is 1. The number of methoxy groups -OCH3 is 1. The van der Waals surface area contributed by atoms with E-state index in [1.54, 1.807) is 38.3 Å². The van der Waals surface area contributed by atoms with E-state index < -0.39 is 12.0 Å². The molecule has 1 amide bonds. The molecule has 2 aromatic rings. The van der Waals surface area contributed by atoms with E-state index in [9.17, 15) is 9.59 Å². The van der Waals surface area contributed by atoms with Crippen molar-refractivity contribution >= 4 is 17.6 Å². The van der Waals surface area contributed by atoms with Gasteiger partial charge in [0.05, 0.1) is 7.11 Å². The Bertz CT molecular complexity index is 666. The fourth-order valence-electron chi connectivity index (χ4n) is 1.74. The molecular weight excluding hydrogens is 274 g/mol. The maximum absolute atomic E-state index is 12.1. The van der Waals surface area contributed by atoms with Gasteiger partial charge in [-0.25, -0.2) is 4.79 Å². The van der Waals surface area contributed by atoms with Crippen LogP contribution in [0, 0.1) is 0 Å². The minimum atomic E-state index is -1.13. The Hall–Kier alpha value is -2.83. The lowest BCUT2D eigenvalue weighted by atomic mass is 10.2. The molecule has 2 N–H and O–H groups in total. The number of nitrogens with one attached hydrogen (secondary N) is 1. The number of hydrogen-bond donors (Lipinski definition) is 2. The number of carboxylic acid groups (broad SMARTS) is 1. The minimum Gasteiger partial charge on any atom is -0.497 e. The second-order valence-electron chi connectivity index (χ2n) is 4.38. The van der Waals surface area contributed by atoms with Crippen molar-refractivity contribution in [1.29, 1.82) is 0 Å². The topological polar surface area (TPSA) is 93.5 Å². The molecule has 0 bridgehead atoms. The Morgan fingerprint density at radius 2 is 2.14 bits per heavy atom. The molecule has 0 aliphatic rings. The molecule has 1 aromatic heterocycles. The van der Waals surface area contributed by atoms with Gasteiger partial charge in [0, 0.05) is 18.0 Å². The van der Waals surface area contributed by atoms with Crippen molar-refractivity contribution in [3.05, 3.63) is 42.2 Å². The highest BCUT2D eigenvalue weighted by molar-refractivity contribution is 5.93. The van der Waals surface area contributed by atoms with Gasteiger partial charge in [-0.2, -0.15) is 5.10 Å². The van der Waals surface area contributed by atoms with Crippen molar-refractivity contribution < 1.29 is 19.4 Å². The monoisotopic (exact) mass is 289 g/mol. The van der Waals surface area contributed by atoms with Gasteiger partial charge in [-0.15, -0.1) is 0 Å². The highest BCUT2D eigenvalue weighted by Gasteiger charge is 2.17. The highest BCUT2D eigenvalue weighted by Crippen LogP contribution is 2.18. The van der Waals surface area contributed by atoms with Gasteiger partial charge < -0.3 is 15.2 Å². The predicted molar refractivity (Wildman–Crippen MR) is 75.5 cm³/mol. The number of carbonyl (C=O) groups is 2. The molecule has 1 aromatic carbocycles. The molecule has 7 nitrogen and oxygen atoms in total. The standard InChI is InChI=1S/C14H15N3O4/c1-9(17-7-6-12(16-17)14(19)20)13(18)15-10-4-3-5-11(8-10)21-2/h3-9H,1-2H3,(H,15,18)(H,19,20). The van der Waals surface area contributed by atoms with Crippen LogP contribution >= 0.6 is 0 Å². The molecule has 7 heteroatoms. The molecule has 1 atom stereocenters. The first kappa shape index (κ1) is 14.6. The molecule has 21 heavy (non-hydrogen) atoms. The third kappa shape index (κ3) is 3.38. The fourth-order valence-corrected chi connectivity index (χ4v) is 1.74. The Morgan fingerprint density at radius 3 is 2.76 bits per heavy atom. The molecule has 0 saturated heterocycles. The van der Waals surface area contributed by atoms with Crippen molar-refractivity contribution in [2.45, 2.75) is 13.0 Å². The second-order valence-corrected chi connectivity index (χ2v) is 4.38. The van der Waals surface area contributed by atoms with E-state index in [1.165, 1.54) is 16.9 Å². The number of benzene rings is 1. The van der Waals surface area contributed by atoms with E-state index >= 15 is 0 Å². The molecule has 0 spiro atoms. The maximum Gasteiger partial charge on any atom is 0.356 e. The number of hydrogen-bond acceptors (Lipinski definition) is 4. The number of ether oxygens (including phenoxy) is 1. The summed E-state index contributed by atoms with van der Waals surface area (Å²) in [6, 6.07) is 7.66. The molecule has 0 fully saturated rings. The minimum absolute atomic E-state index is 0.101. The summed E-state index contributed by atoms with van der Waals surface area (Å²) in [6.45, 7) is 1.63. The SMILES string of the molecule is COc1cccc(NC(=O)C(C)n2ccc(C(=O)O)n2)c1. The van der Waals surface area contributed by atoms with E-state index in [-0.39, 0.29) is 11.6 Å². The van der Waals surface area contributed by atoms with Crippen LogP contribution < -0.4 is 10.1 Å². The van der Waals surface area contributed by atoms with Crippen molar-refractivity contribution in [1.82, 2.24) is 9.78 Å². The van der Waals surface area contributed by atoms with Gasteiger partial charge in [0.1, 0.15) is 11.8 Å². The number of carbonyl (C=O) groups excluding carboxylic acids is 1. The zero-order chi connectivity index (χ0) is 15.4. The molecule has 0 saturated carbocycles. The van der Waals surface area contributed by atoms with Crippen molar-refractivity contribution in [2.24, 2.45) is 0 Å². The van der Waals surface area contributed by atoms with Crippen molar-refractivity contribution in [2.75, 3.05) is 12.4 Å². The summed E-state index contributed by atoms with van der Waals surface area (Å²) in [6.07, 6.45) is 1.46. The summed E-state index contributed by atoms with van der Waals surface area (Å²) in [7, 11) is 1.54. The first-order chi connectivity index (χ1) is 10.0. The van der Waals surface area contributed by atoms with Gasteiger partial charge in [-0.1, -0.05) is 6.07 Å².